The van der Waals surface area contributed by atoms with E-state index in [9.17, 15) is 4.39 Å². The van der Waals surface area contributed by atoms with Crippen LogP contribution in [0.2, 0.25) is 0 Å². The smallest absolute Gasteiger partial charge is 0.227 e. The maximum atomic E-state index is 12.9. The Bertz CT molecular complexity index is 630. The van der Waals surface area contributed by atoms with Crippen molar-refractivity contribution in [3.05, 3.63) is 36.0 Å². The molecule has 3 N–H and O–H groups in total. The number of aromatic nitrogens is 2. The largest absolute Gasteiger partial charge is 0.370 e. The molecule has 0 atom stereocenters. The topological polar surface area (TPSA) is 89.3 Å². The fraction of sp³-hybridized carbons (Fsp3) is 0.438. The van der Waals surface area contributed by atoms with Gasteiger partial charge in [0.1, 0.15) is 5.82 Å². The molecule has 0 bridgehead atoms. The van der Waals surface area contributed by atoms with E-state index in [0.717, 1.165) is 31.4 Å². The molecule has 24 heavy (non-hydrogen) atoms. The molecule has 0 spiro atoms. The lowest BCUT2D eigenvalue weighted by Gasteiger charge is -2.03. The van der Waals surface area contributed by atoms with E-state index in [1.54, 1.807) is 12.1 Å². The maximum Gasteiger partial charge on any atom is 0.227 e. The van der Waals surface area contributed by atoms with Gasteiger partial charge in [-0.05, 0) is 37.1 Å². The van der Waals surface area contributed by atoms with Crippen LogP contribution in [0.5, 0.6) is 0 Å². The fourth-order valence-corrected chi connectivity index (χ4v) is 1.95. The summed E-state index contributed by atoms with van der Waals surface area (Å²) in [5.41, 5.74) is 6.47. The number of hydrogen-bond acceptors (Lipinski definition) is 4. The Morgan fingerprint density at radius 1 is 1.29 bits per heavy atom. The number of guanidine groups is 1. The molecular formula is C16H23FIN5O. The highest BCUT2D eigenvalue weighted by molar-refractivity contribution is 14.0. The van der Waals surface area contributed by atoms with Crippen LogP contribution in [0, 0.1) is 5.82 Å². The van der Waals surface area contributed by atoms with E-state index in [4.69, 9.17) is 10.3 Å². The lowest BCUT2D eigenvalue weighted by Crippen LogP contribution is -2.32. The van der Waals surface area contributed by atoms with Crippen LogP contribution < -0.4 is 11.1 Å². The van der Waals surface area contributed by atoms with Gasteiger partial charge in [-0.25, -0.2) is 4.39 Å². The van der Waals surface area contributed by atoms with Gasteiger partial charge < -0.3 is 15.6 Å². The molecule has 0 amide bonds. The molecule has 0 aliphatic carbocycles. The average Bonchev–Trinajstić information content (AvgIpc) is 3.01. The summed E-state index contributed by atoms with van der Waals surface area (Å²) in [5.74, 6) is 1.18. The maximum absolute atomic E-state index is 12.9. The second kappa shape index (κ2) is 11.0. The van der Waals surface area contributed by atoms with E-state index >= 15 is 0 Å². The zero-order valence-electron chi connectivity index (χ0n) is 13.7. The highest BCUT2D eigenvalue weighted by Gasteiger charge is 2.08. The molecule has 0 radical (unpaired) electrons. The number of benzene rings is 1. The summed E-state index contributed by atoms with van der Waals surface area (Å²) < 4.78 is 18.1. The van der Waals surface area contributed by atoms with Crippen LogP contribution in [-0.2, 0) is 6.42 Å². The van der Waals surface area contributed by atoms with Crippen LogP contribution >= 0.6 is 24.0 Å². The summed E-state index contributed by atoms with van der Waals surface area (Å²) in [6.45, 7) is 3.56. The van der Waals surface area contributed by atoms with E-state index < -0.39 is 0 Å². The number of hydrogen-bond donors (Lipinski definition) is 2. The Hall–Kier alpha value is -1.71. The number of nitrogens with one attached hydrogen (secondary N) is 1. The SMILES string of the molecule is CCCCNC(N)=NCCCc1nc(-c2ccc(F)cc2)no1.I. The van der Waals surface area contributed by atoms with Gasteiger partial charge >= 0.3 is 0 Å². The Balaban J connectivity index is 0.00000288. The minimum absolute atomic E-state index is 0. The van der Waals surface area contributed by atoms with Gasteiger partial charge in [-0.2, -0.15) is 4.98 Å². The minimum Gasteiger partial charge on any atom is -0.370 e. The average molecular weight is 447 g/mol. The van der Waals surface area contributed by atoms with E-state index in [1.165, 1.54) is 12.1 Å². The number of nitrogens with zero attached hydrogens (tertiary/aromatic N) is 3. The number of aryl methyl sites for hydroxylation is 1. The molecule has 132 valence electrons. The number of nitrogens with two attached hydrogens (primary N) is 1. The van der Waals surface area contributed by atoms with Crippen LogP contribution in [0.4, 0.5) is 4.39 Å². The lowest BCUT2D eigenvalue weighted by molar-refractivity contribution is 0.376. The molecule has 1 aromatic carbocycles. The predicted octanol–water partition coefficient (Wildman–Crippen LogP) is 3.13. The van der Waals surface area contributed by atoms with E-state index in [-0.39, 0.29) is 29.8 Å². The van der Waals surface area contributed by atoms with Crippen molar-refractivity contribution in [3.63, 3.8) is 0 Å². The van der Waals surface area contributed by atoms with Crippen LogP contribution in [-0.4, -0.2) is 29.2 Å². The van der Waals surface area contributed by atoms with Crippen molar-refractivity contribution in [2.75, 3.05) is 13.1 Å². The van der Waals surface area contributed by atoms with E-state index in [0.29, 0.717) is 30.6 Å². The summed E-state index contributed by atoms with van der Waals surface area (Å²) in [6, 6.07) is 5.98. The molecule has 8 heteroatoms. The number of rotatable bonds is 8. The summed E-state index contributed by atoms with van der Waals surface area (Å²) in [6.07, 6.45) is 3.58. The molecule has 0 saturated heterocycles. The third kappa shape index (κ3) is 6.81. The second-order valence-corrected chi connectivity index (χ2v) is 5.17. The van der Waals surface area contributed by atoms with Crippen molar-refractivity contribution in [1.82, 2.24) is 15.5 Å². The number of unbranched alkanes of at least 4 members (excludes halogenated alkanes) is 1. The first-order valence-corrected chi connectivity index (χ1v) is 7.81. The molecule has 2 rings (SSSR count). The normalized spacial score (nSPS) is 11.2. The Labute approximate surface area is 158 Å². The molecule has 6 nitrogen and oxygen atoms in total. The van der Waals surface area contributed by atoms with Gasteiger partial charge in [0, 0.05) is 25.1 Å². The first-order chi connectivity index (χ1) is 11.2. The van der Waals surface area contributed by atoms with Crippen molar-refractivity contribution in [2.24, 2.45) is 10.7 Å². The third-order valence-electron chi connectivity index (χ3n) is 3.24. The van der Waals surface area contributed by atoms with Gasteiger partial charge in [0.05, 0.1) is 0 Å². The molecule has 0 saturated carbocycles. The van der Waals surface area contributed by atoms with Gasteiger partial charge in [-0.1, -0.05) is 18.5 Å². The van der Waals surface area contributed by atoms with Gasteiger partial charge in [0.15, 0.2) is 5.96 Å². The highest BCUT2D eigenvalue weighted by atomic mass is 127. The van der Waals surface area contributed by atoms with E-state index in [2.05, 4.69) is 27.4 Å². The first-order valence-electron chi connectivity index (χ1n) is 7.81. The summed E-state index contributed by atoms with van der Waals surface area (Å²) >= 11 is 0. The van der Waals surface area contributed by atoms with Gasteiger partial charge in [-0.3, -0.25) is 4.99 Å². The lowest BCUT2D eigenvalue weighted by atomic mass is 10.2. The predicted molar refractivity (Wildman–Crippen MR) is 103 cm³/mol. The van der Waals surface area contributed by atoms with E-state index in [1.807, 2.05) is 0 Å². The fourth-order valence-electron chi connectivity index (χ4n) is 1.95. The Morgan fingerprint density at radius 2 is 2.04 bits per heavy atom. The van der Waals surface area contributed by atoms with Gasteiger partial charge in [0.2, 0.25) is 11.7 Å². The molecule has 1 heterocycles. The zero-order chi connectivity index (χ0) is 16.5. The number of halogens is 2. The molecule has 0 unspecified atom stereocenters. The van der Waals surface area contributed by atoms with Crippen LogP contribution in [0.15, 0.2) is 33.8 Å². The quantitative estimate of drug-likeness (QED) is 0.281. The van der Waals surface area contributed by atoms with Gasteiger partial charge in [0.25, 0.3) is 0 Å². The molecule has 0 aliphatic rings. The van der Waals surface area contributed by atoms with Crippen molar-refractivity contribution >= 4 is 29.9 Å². The van der Waals surface area contributed by atoms with Crippen LogP contribution in [0.3, 0.4) is 0 Å². The van der Waals surface area contributed by atoms with Crippen LogP contribution in [0.1, 0.15) is 32.1 Å². The first kappa shape index (κ1) is 20.3. The summed E-state index contributed by atoms with van der Waals surface area (Å²) in [7, 11) is 0. The molecule has 1 aromatic heterocycles. The summed E-state index contributed by atoms with van der Waals surface area (Å²) in [4.78, 5) is 8.53. The van der Waals surface area contributed by atoms with Crippen LogP contribution in [0.25, 0.3) is 11.4 Å². The summed E-state index contributed by atoms with van der Waals surface area (Å²) in [5, 5.41) is 6.96. The van der Waals surface area contributed by atoms with Crippen molar-refractivity contribution < 1.29 is 8.91 Å². The molecule has 0 fully saturated rings. The van der Waals surface area contributed by atoms with Gasteiger partial charge in [-0.15, -0.1) is 24.0 Å². The third-order valence-corrected chi connectivity index (χ3v) is 3.24. The minimum atomic E-state index is -0.291. The van der Waals surface area contributed by atoms with Crippen molar-refractivity contribution in [3.8, 4) is 11.4 Å². The molecule has 2 aromatic rings. The standard InChI is InChI=1S/C16H22FN5O.HI/c1-2-3-10-19-16(18)20-11-4-5-14-21-15(22-23-14)12-6-8-13(17)9-7-12;/h6-9H,2-5,10-11H2,1H3,(H3,18,19,20);1H. The molecular weight excluding hydrogens is 424 g/mol. The monoisotopic (exact) mass is 447 g/mol. The second-order valence-electron chi connectivity index (χ2n) is 5.17. The Kier molecular flexibility index (Phi) is 9.28. The van der Waals surface area contributed by atoms with Crippen molar-refractivity contribution in [2.45, 2.75) is 32.6 Å². The zero-order valence-corrected chi connectivity index (χ0v) is 16.0. The van der Waals surface area contributed by atoms with Crippen molar-refractivity contribution in [1.29, 1.82) is 0 Å². The molecule has 0 aliphatic heterocycles. The number of aliphatic imine (C=N–C) groups is 1. The Morgan fingerprint density at radius 3 is 2.75 bits per heavy atom. The highest BCUT2D eigenvalue weighted by Crippen LogP contribution is 2.16.